The topological polar surface area (TPSA) is 67.6 Å². The molecule has 1 atom stereocenters. The SMILES string of the molecule is Cn1nccc1-c1cnn(C(Cn2cc(F)cn2)c2ccc(-c3c(C(F)F)ccc(Cl)c3F)c[nH+]2)c1. The number of aromatic amines is 1. The molecule has 0 saturated carbocycles. The van der Waals surface area contributed by atoms with Gasteiger partial charge in [-0.15, -0.1) is 0 Å². The maximum atomic E-state index is 14.7. The number of pyridine rings is 1. The Hall–Kier alpha value is -3.99. The van der Waals surface area contributed by atoms with E-state index < -0.39 is 29.7 Å². The van der Waals surface area contributed by atoms with Crippen LogP contribution in [0.15, 0.2) is 67.5 Å². The highest BCUT2D eigenvalue weighted by molar-refractivity contribution is 6.31. The van der Waals surface area contributed by atoms with Gasteiger partial charge in [0.05, 0.1) is 35.9 Å². The van der Waals surface area contributed by atoms with Gasteiger partial charge in [-0.3, -0.25) is 14.0 Å². The van der Waals surface area contributed by atoms with E-state index in [1.165, 1.54) is 23.1 Å². The average Bonchev–Trinajstić information content (AvgIpc) is 3.60. The van der Waals surface area contributed by atoms with Crippen molar-refractivity contribution in [1.82, 2.24) is 29.3 Å². The number of nitrogens with zero attached hydrogens (tertiary/aromatic N) is 6. The quantitative estimate of drug-likeness (QED) is 0.282. The summed E-state index contributed by atoms with van der Waals surface area (Å²) in [7, 11) is 1.81. The van der Waals surface area contributed by atoms with Crippen LogP contribution in [0.3, 0.4) is 0 Å². The highest BCUT2D eigenvalue weighted by Gasteiger charge is 2.26. The van der Waals surface area contributed by atoms with Crippen molar-refractivity contribution >= 4 is 11.6 Å². The third-order valence-corrected chi connectivity index (χ3v) is 6.14. The molecule has 36 heavy (non-hydrogen) atoms. The Kier molecular flexibility index (Phi) is 6.31. The Labute approximate surface area is 207 Å². The van der Waals surface area contributed by atoms with Crippen molar-refractivity contribution in [1.29, 1.82) is 0 Å². The van der Waals surface area contributed by atoms with Crippen LogP contribution in [0.5, 0.6) is 0 Å². The van der Waals surface area contributed by atoms with E-state index in [1.54, 1.807) is 27.8 Å². The molecule has 184 valence electrons. The lowest BCUT2D eigenvalue weighted by Crippen LogP contribution is -2.25. The molecule has 1 N–H and O–H groups in total. The molecule has 4 heterocycles. The fourth-order valence-corrected chi connectivity index (χ4v) is 4.24. The first-order valence-corrected chi connectivity index (χ1v) is 11.2. The van der Waals surface area contributed by atoms with Gasteiger partial charge in [-0.2, -0.15) is 15.3 Å². The number of nitrogens with one attached hydrogen (secondary N) is 1. The lowest BCUT2D eigenvalue weighted by Gasteiger charge is -2.15. The second-order valence-corrected chi connectivity index (χ2v) is 8.51. The number of aromatic nitrogens is 7. The number of H-pyrrole nitrogens is 1. The second kappa shape index (κ2) is 9.57. The van der Waals surface area contributed by atoms with Gasteiger partial charge in [-0.1, -0.05) is 17.7 Å². The zero-order chi connectivity index (χ0) is 25.4. The molecule has 0 fully saturated rings. The fraction of sp³-hybridized carbons (Fsp3) is 0.167. The molecule has 7 nitrogen and oxygen atoms in total. The first-order valence-electron chi connectivity index (χ1n) is 10.8. The van der Waals surface area contributed by atoms with Gasteiger partial charge in [0.1, 0.15) is 5.82 Å². The summed E-state index contributed by atoms with van der Waals surface area (Å²) in [4.78, 5) is 3.06. The molecule has 0 aliphatic rings. The lowest BCUT2D eigenvalue weighted by molar-refractivity contribution is -0.393. The van der Waals surface area contributed by atoms with E-state index in [-0.39, 0.29) is 22.7 Å². The van der Waals surface area contributed by atoms with E-state index >= 15 is 0 Å². The molecule has 0 spiro atoms. The van der Waals surface area contributed by atoms with Crippen molar-refractivity contribution < 1.29 is 22.5 Å². The van der Waals surface area contributed by atoms with Gasteiger partial charge in [-0.25, -0.2) is 22.5 Å². The van der Waals surface area contributed by atoms with E-state index in [0.29, 0.717) is 5.69 Å². The van der Waals surface area contributed by atoms with E-state index in [9.17, 15) is 17.6 Å². The predicted molar refractivity (Wildman–Crippen MR) is 123 cm³/mol. The molecule has 12 heteroatoms. The Morgan fingerprint density at radius 2 is 1.81 bits per heavy atom. The van der Waals surface area contributed by atoms with Crippen LogP contribution in [0.25, 0.3) is 22.4 Å². The maximum Gasteiger partial charge on any atom is 0.264 e. The van der Waals surface area contributed by atoms with Gasteiger partial charge in [0.15, 0.2) is 18.1 Å². The van der Waals surface area contributed by atoms with Crippen molar-refractivity contribution in [2.45, 2.75) is 19.0 Å². The molecule has 5 rings (SSSR count). The maximum absolute atomic E-state index is 14.7. The molecule has 5 aromatic rings. The standard InChI is InChI=1S/C24H18ClF4N7/c1-34-20(6-7-31-34)15-9-33-36(11-15)21(13-35-12-16(26)10-32-35)19-5-2-14(8-30-19)22-17(24(28)29)3-4-18(25)23(22)27/h2-12,21,24H,13H2,1H3/p+1. The Bertz CT molecular complexity index is 1510. The Morgan fingerprint density at radius 1 is 0.972 bits per heavy atom. The van der Waals surface area contributed by atoms with Crippen molar-refractivity contribution in [3.63, 3.8) is 0 Å². The number of benzene rings is 1. The smallest absolute Gasteiger partial charge is 0.264 e. The minimum atomic E-state index is -2.89. The molecule has 0 amide bonds. The van der Waals surface area contributed by atoms with Crippen molar-refractivity contribution in [2.24, 2.45) is 7.05 Å². The molecular weight excluding hydrogens is 498 g/mol. The van der Waals surface area contributed by atoms with Crippen molar-refractivity contribution in [2.75, 3.05) is 0 Å². The van der Waals surface area contributed by atoms with Gasteiger partial charge in [0.25, 0.3) is 6.43 Å². The summed E-state index contributed by atoms with van der Waals surface area (Å²) in [5.74, 6) is -1.41. The van der Waals surface area contributed by atoms with Crippen LogP contribution >= 0.6 is 11.6 Å². The molecule has 0 saturated heterocycles. The van der Waals surface area contributed by atoms with Gasteiger partial charge in [0, 0.05) is 47.8 Å². The van der Waals surface area contributed by atoms with Crippen LogP contribution in [0.4, 0.5) is 17.6 Å². The van der Waals surface area contributed by atoms with Crippen LogP contribution in [-0.2, 0) is 13.6 Å². The van der Waals surface area contributed by atoms with Crippen molar-refractivity contribution in [3.05, 3.63) is 95.4 Å². The second-order valence-electron chi connectivity index (χ2n) is 8.10. The van der Waals surface area contributed by atoms with Crippen LogP contribution in [0.2, 0.25) is 5.02 Å². The minimum absolute atomic E-state index is 0.203. The number of alkyl halides is 2. The predicted octanol–water partition coefficient (Wildman–Crippen LogP) is 5.12. The minimum Gasteiger partial charge on any atom is -0.268 e. The summed E-state index contributed by atoms with van der Waals surface area (Å²) in [5, 5.41) is 12.4. The Balaban J connectivity index is 1.54. The van der Waals surface area contributed by atoms with Gasteiger partial charge < -0.3 is 0 Å². The largest absolute Gasteiger partial charge is 0.268 e. The van der Waals surface area contributed by atoms with E-state index in [4.69, 9.17) is 11.6 Å². The third kappa shape index (κ3) is 4.49. The third-order valence-electron chi connectivity index (χ3n) is 5.85. The summed E-state index contributed by atoms with van der Waals surface area (Å²) in [5.41, 5.74) is 1.73. The van der Waals surface area contributed by atoms with Crippen LogP contribution in [0, 0.1) is 11.6 Å². The molecule has 0 aliphatic heterocycles. The average molecular weight is 517 g/mol. The summed E-state index contributed by atoms with van der Waals surface area (Å²) < 4.78 is 60.3. The van der Waals surface area contributed by atoms with Crippen molar-refractivity contribution in [3.8, 4) is 22.4 Å². The summed E-state index contributed by atoms with van der Waals surface area (Å²) in [6.45, 7) is 0.208. The van der Waals surface area contributed by atoms with Gasteiger partial charge in [0.2, 0.25) is 5.69 Å². The zero-order valence-electron chi connectivity index (χ0n) is 18.8. The first kappa shape index (κ1) is 23.7. The molecule has 1 unspecified atom stereocenters. The normalized spacial score (nSPS) is 12.4. The number of rotatable bonds is 7. The van der Waals surface area contributed by atoms with Crippen LogP contribution in [-0.4, -0.2) is 29.3 Å². The molecule has 0 radical (unpaired) electrons. The molecule has 0 bridgehead atoms. The summed E-state index contributed by atoms with van der Waals surface area (Å²) >= 11 is 5.86. The number of hydrogen-bond acceptors (Lipinski definition) is 3. The van der Waals surface area contributed by atoms with E-state index in [2.05, 4.69) is 20.3 Å². The number of halogens is 5. The Morgan fingerprint density at radius 3 is 2.44 bits per heavy atom. The van der Waals surface area contributed by atoms with Crippen LogP contribution in [0.1, 0.15) is 23.7 Å². The summed E-state index contributed by atoms with van der Waals surface area (Å²) in [6, 6.07) is 6.74. The van der Waals surface area contributed by atoms with E-state index in [0.717, 1.165) is 29.6 Å². The summed E-state index contributed by atoms with van der Waals surface area (Å²) in [6.07, 6.45) is 6.06. The van der Waals surface area contributed by atoms with Gasteiger partial charge in [-0.05, 0) is 18.2 Å². The highest BCUT2D eigenvalue weighted by atomic mass is 35.5. The highest BCUT2D eigenvalue weighted by Crippen LogP contribution is 2.36. The molecular formula is C24H19ClF4N7+. The number of hydrogen-bond donors (Lipinski definition) is 0. The monoisotopic (exact) mass is 516 g/mol. The van der Waals surface area contributed by atoms with Gasteiger partial charge >= 0.3 is 0 Å². The lowest BCUT2D eigenvalue weighted by atomic mass is 9.99. The number of aryl methyl sites for hydroxylation is 1. The zero-order valence-corrected chi connectivity index (χ0v) is 19.5. The molecule has 0 aliphatic carbocycles. The van der Waals surface area contributed by atoms with Crippen LogP contribution < -0.4 is 4.98 Å². The first-order chi connectivity index (χ1) is 17.3. The molecule has 1 aromatic carbocycles. The fourth-order valence-electron chi connectivity index (χ4n) is 4.08. The van der Waals surface area contributed by atoms with E-state index in [1.807, 2.05) is 19.3 Å². The molecule has 4 aromatic heterocycles.